The van der Waals surface area contributed by atoms with E-state index in [2.05, 4.69) is 6.58 Å². The van der Waals surface area contributed by atoms with Gasteiger partial charge in [0.25, 0.3) is 0 Å². The molecule has 3 heterocycles. The fraction of sp³-hybridized carbons (Fsp3) is 0.792. The molecule has 11 heteroatoms. The number of epoxide rings is 2. The molecule has 0 unspecified atom stereocenters. The van der Waals surface area contributed by atoms with Crippen molar-refractivity contribution in [3.05, 3.63) is 12.2 Å². The fourth-order valence-corrected chi connectivity index (χ4v) is 7.31. The van der Waals surface area contributed by atoms with Crippen molar-refractivity contribution < 1.29 is 48.3 Å². The number of aliphatic hydroxyl groups excluding tert-OH is 1. The van der Waals surface area contributed by atoms with Gasteiger partial charge in [0, 0.05) is 25.2 Å². The van der Waals surface area contributed by atoms with E-state index in [4.69, 9.17) is 35.3 Å². The van der Waals surface area contributed by atoms with E-state index in [0.717, 1.165) is 0 Å². The van der Waals surface area contributed by atoms with Crippen LogP contribution in [0.1, 0.15) is 34.6 Å². The Morgan fingerprint density at radius 3 is 2.26 bits per heavy atom. The molecule has 3 aliphatic heterocycles. The molecule has 2 saturated carbocycles. The molecule has 0 spiro atoms. The Kier molecular flexibility index (Phi) is 5.62. The summed E-state index contributed by atoms with van der Waals surface area (Å²) < 4.78 is 29.0. The lowest BCUT2D eigenvalue weighted by Crippen LogP contribution is -2.69. The fourth-order valence-electron chi connectivity index (χ4n) is 6.93. The van der Waals surface area contributed by atoms with Gasteiger partial charge in [0.1, 0.15) is 30.5 Å². The molecule has 0 radical (unpaired) electrons. The molecule has 0 aromatic carbocycles. The van der Waals surface area contributed by atoms with Crippen molar-refractivity contribution in [2.24, 2.45) is 23.2 Å². The van der Waals surface area contributed by atoms with Gasteiger partial charge in [0.15, 0.2) is 11.7 Å². The van der Waals surface area contributed by atoms with Gasteiger partial charge in [-0.2, -0.15) is 0 Å². The first kappa shape index (κ1) is 25.0. The molecular formula is C24H31ClO10. The average molecular weight is 515 g/mol. The lowest BCUT2D eigenvalue weighted by molar-refractivity contribution is -0.224. The maximum Gasteiger partial charge on any atom is 0.312 e. The van der Waals surface area contributed by atoms with E-state index in [0.29, 0.717) is 5.57 Å². The second-order valence-corrected chi connectivity index (χ2v) is 11.3. The molecule has 14 atom stereocenters. The molecule has 0 amide bonds. The van der Waals surface area contributed by atoms with Crippen molar-refractivity contribution in [1.82, 2.24) is 0 Å². The second kappa shape index (κ2) is 7.89. The molecule has 3 saturated heterocycles. The zero-order chi connectivity index (χ0) is 25.8. The van der Waals surface area contributed by atoms with Crippen molar-refractivity contribution in [3.8, 4) is 0 Å². The molecule has 2 N–H and O–H groups in total. The number of fused-ring (bicyclic) bond motifs is 5. The Labute approximate surface area is 207 Å². The van der Waals surface area contributed by atoms with E-state index in [-0.39, 0.29) is 0 Å². The minimum absolute atomic E-state index is 0.347. The summed E-state index contributed by atoms with van der Waals surface area (Å²) >= 11 is 6.74. The van der Waals surface area contributed by atoms with Crippen LogP contribution >= 0.6 is 11.6 Å². The van der Waals surface area contributed by atoms with Crippen molar-refractivity contribution >= 4 is 29.5 Å². The molecule has 5 aliphatic rings. The van der Waals surface area contributed by atoms with Crippen LogP contribution in [-0.4, -0.2) is 87.9 Å². The first-order valence-electron chi connectivity index (χ1n) is 11.8. The van der Waals surface area contributed by atoms with Gasteiger partial charge in [-0.05, 0) is 18.4 Å². The number of rotatable bonds is 2. The Morgan fingerprint density at radius 2 is 1.66 bits per heavy atom. The van der Waals surface area contributed by atoms with Crippen LogP contribution < -0.4 is 0 Å². The van der Waals surface area contributed by atoms with Gasteiger partial charge in [-0.3, -0.25) is 14.4 Å². The second-order valence-electron chi connectivity index (χ2n) is 10.8. The summed E-state index contributed by atoms with van der Waals surface area (Å²) in [6.45, 7) is 11.6. The normalized spacial score (nSPS) is 54.3. The molecule has 0 aromatic rings. The zero-order valence-corrected chi connectivity index (χ0v) is 20.9. The highest BCUT2D eigenvalue weighted by Crippen LogP contribution is 2.63. The van der Waals surface area contributed by atoms with Crippen LogP contribution in [0.2, 0.25) is 0 Å². The van der Waals surface area contributed by atoms with Gasteiger partial charge < -0.3 is 33.9 Å². The van der Waals surface area contributed by atoms with Gasteiger partial charge >= 0.3 is 17.9 Å². The summed E-state index contributed by atoms with van der Waals surface area (Å²) in [7, 11) is 0. The topological polar surface area (TPSA) is 144 Å². The number of hydrogen-bond donors (Lipinski definition) is 2. The maximum atomic E-state index is 12.8. The molecule has 194 valence electrons. The number of esters is 3. The van der Waals surface area contributed by atoms with Gasteiger partial charge in [-0.25, -0.2) is 0 Å². The highest BCUT2D eigenvalue weighted by Gasteiger charge is 2.77. The molecule has 0 bridgehead atoms. The number of halogens is 1. The number of aliphatic hydroxyl groups is 2. The van der Waals surface area contributed by atoms with Crippen LogP contribution in [0.25, 0.3) is 0 Å². The smallest absolute Gasteiger partial charge is 0.312 e. The standard InChI is InChI=1S/C24H31ClO10/c1-7-12-18(31-10(4)26)24(30)9(3)22(29)35-19(24)13(25)8(2)15-17(33-15)21(32-11(5)27)23(12,6)20-16(34-20)14(7)28/h7,9,12-21,28,30H,2H2,1,3-6H3/t7-,9+,12-,13+,14-,15-,16+,17-,18-,19+,20+,21-,23-,24-/m1/s1. The van der Waals surface area contributed by atoms with Crippen molar-refractivity contribution in [1.29, 1.82) is 0 Å². The Bertz CT molecular complexity index is 985. The van der Waals surface area contributed by atoms with Gasteiger partial charge in [-0.1, -0.05) is 20.4 Å². The summed E-state index contributed by atoms with van der Waals surface area (Å²) in [5, 5.41) is 22.2. The summed E-state index contributed by atoms with van der Waals surface area (Å²) in [4.78, 5) is 37.4. The van der Waals surface area contributed by atoms with E-state index in [1.807, 2.05) is 6.92 Å². The monoisotopic (exact) mass is 514 g/mol. The average Bonchev–Trinajstić information content (AvgIpc) is 3.69. The van der Waals surface area contributed by atoms with E-state index in [9.17, 15) is 24.6 Å². The highest BCUT2D eigenvalue weighted by atomic mass is 35.5. The van der Waals surface area contributed by atoms with Crippen LogP contribution in [0, 0.1) is 23.2 Å². The lowest BCUT2D eigenvalue weighted by atomic mass is 9.53. The number of carbonyl (C=O) groups excluding carboxylic acids is 3. The van der Waals surface area contributed by atoms with Crippen LogP contribution in [-0.2, 0) is 38.1 Å². The molecule has 0 aromatic heterocycles. The molecule has 35 heavy (non-hydrogen) atoms. The third-order valence-electron chi connectivity index (χ3n) is 8.83. The minimum atomic E-state index is -2.08. The summed E-state index contributed by atoms with van der Waals surface area (Å²) in [5.74, 6) is -4.53. The van der Waals surface area contributed by atoms with E-state index in [1.54, 1.807) is 6.92 Å². The predicted octanol–water partition coefficient (Wildman–Crippen LogP) is 0.488. The minimum Gasteiger partial charge on any atom is -0.459 e. The quantitative estimate of drug-likeness (QED) is 0.175. The molecule has 5 rings (SSSR count). The summed E-state index contributed by atoms with van der Waals surface area (Å²) in [6.07, 6.45) is -6.89. The van der Waals surface area contributed by atoms with Gasteiger partial charge in [0.2, 0.25) is 0 Å². The third-order valence-corrected chi connectivity index (χ3v) is 9.34. The van der Waals surface area contributed by atoms with Gasteiger partial charge in [0.05, 0.1) is 23.5 Å². The Hall–Kier alpha value is -1.72. The Balaban J connectivity index is 1.75. The Morgan fingerprint density at radius 1 is 1.06 bits per heavy atom. The molecular weight excluding hydrogens is 484 g/mol. The van der Waals surface area contributed by atoms with Crippen LogP contribution in [0.3, 0.4) is 0 Å². The highest BCUT2D eigenvalue weighted by molar-refractivity contribution is 6.23. The zero-order valence-electron chi connectivity index (χ0n) is 20.2. The van der Waals surface area contributed by atoms with Crippen molar-refractivity contribution in [3.63, 3.8) is 0 Å². The van der Waals surface area contributed by atoms with E-state index in [1.165, 1.54) is 20.8 Å². The summed E-state index contributed by atoms with van der Waals surface area (Å²) in [6, 6.07) is 0. The van der Waals surface area contributed by atoms with E-state index >= 15 is 0 Å². The third kappa shape index (κ3) is 3.33. The number of alkyl halides is 1. The SMILES string of the molecule is C=C1[C@H]2O[C@H]2[C@@H](OC(C)=O)[C@]2(C)[C@H]([C@@H](C)[C@@H](O)[C@@H]3O[C@@H]32)[C@@H](OC(C)=O)[C@]2(O)[C@@H](C)C(=O)O[C@H]2[C@H]1Cl. The van der Waals surface area contributed by atoms with Crippen LogP contribution in [0.5, 0.6) is 0 Å². The van der Waals surface area contributed by atoms with Crippen molar-refractivity contribution in [2.45, 2.75) is 94.4 Å². The maximum absolute atomic E-state index is 12.8. The first-order chi connectivity index (χ1) is 16.3. The number of carbonyl (C=O) groups is 3. The molecule has 2 aliphatic carbocycles. The summed E-state index contributed by atoms with van der Waals surface area (Å²) in [5.41, 5.74) is -2.82. The van der Waals surface area contributed by atoms with Crippen LogP contribution in [0.15, 0.2) is 12.2 Å². The first-order valence-corrected chi connectivity index (χ1v) is 12.3. The largest absolute Gasteiger partial charge is 0.459 e. The van der Waals surface area contributed by atoms with Crippen LogP contribution in [0.4, 0.5) is 0 Å². The molecule has 5 fully saturated rings. The number of hydrogen-bond acceptors (Lipinski definition) is 10. The number of ether oxygens (including phenoxy) is 5. The molecule has 10 nitrogen and oxygen atoms in total. The lowest BCUT2D eigenvalue weighted by Gasteiger charge is -2.54. The van der Waals surface area contributed by atoms with Crippen molar-refractivity contribution in [2.75, 3.05) is 0 Å². The van der Waals surface area contributed by atoms with E-state index < -0.39 is 101 Å². The predicted molar refractivity (Wildman–Crippen MR) is 118 cm³/mol. The van der Waals surface area contributed by atoms with Gasteiger partial charge in [-0.15, -0.1) is 11.6 Å².